The molecular formula is C9H11N5S2. The number of thiophene rings is 1. The van der Waals surface area contributed by atoms with Crippen LogP contribution in [0.5, 0.6) is 0 Å². The molecule has 0 aliphatic rings. The van der Waals surface area contributed by atoms with E-state index in [0.717, 1.165) is 4.21 Å². The summed E-state index contributed by atoms with van der Waals surface area (Å²) in [5, 5.41) is 2.64. The van der Waals surface area contributed by atoms with E-state index in [1.165, 1.54) is 11.8 Å². The Balaban J connectivity index is 2.27. The Labute approximate surface area is 102 Å². The highest BCUT2D eigenvalue weighted by atomic mass is 32.2. The van der Waals surface area contributed by atoms with Gasteiger partial charge in [-0.2, -0.15) is 15.0 Å². The molecule has 0 amide bonds. The third-order valence-corrected chi connectivity index (χ3v) is 3.61. The van der Waals surface area contributed by atoms with Gasteiger partial charge in [0, 0.05) is 14.1 Å². The monoisotopic (exact) mass is 253 g/mol. The number of nitrogens with zero attached hydrogens (tertiary/aromatic N) is 4. The van der Waals surface area contributed by atoms with Crippen molar-refractivity contribution in [2.24, 2.45) is 0 Å². The second kappa shape index (κ2) is 4.67. The van der Waals surface area contributed by atoms with Crippen molar-refractivity contribution in [2.45, 2.75) is 9.37 Å². The van der Waals surface area contributed by atoms with Crippen LogP contribution in [-0.2, 0) is 0 Å². The van der Waals surface area contributed by atoms with Gasteiger partial charge in [-0.15, -0.1) is 11.3 Å². The highest BCUT2D eigenvalue weighted by Crippen LogP contribution is 2.29. The van der Waals surface area contributed by atoms with Gasteiger partial charge in [0.2, 0.25) is 11.9 Å². The number of nitrogens with two attached hydrogens (primary N) is 1. The van der Waals surface area contributed by atoms with E-state index in [1.54, 1.807) is 16.2 Å². The maximum absolute atomic E-state index is 5.63. The molecule has 84 valence electrons. The molecule has 0 aliphatic heterocycles. The van der Waals surface area contributed by atoms with Crippen molar-refractivity contribution >= 4 is 35.0 Å². The minimum Gasteiger partial charge on any atom is -0.368 e. The smallest absolute Gasteiger partial charge is 0.230 e. The van der Waals surface area contributed by atoms with E-state index in [0.29, 0.717) is 11.1 Å². The molecule has 0 aromatic carbocycles. The molecule has 0 saturated carbocycles. The quantitative estimate of drug-likeness (QED) is 0.898. The predicted octanol–water partition coefficient (Wildman–Crippen LogP) is 1.73. The summed E-state index contributed by atoms with van der Waals surface area (Å²) in [4.78, 5) is 14.2. The van der Waals surface area contributed by atoms with Crippen molar-refractivity contribution in [3.8, 4) is 0 Å². The molecule has 2 aromatic rings. The molecule has 16 heavy (non-hydrogen) atoms. The van der Waals surface area contributed by atoms with Gasteiger partial charge in [-0.1, -0.05) is 6.07 Å². The lowest BCUT2D eigenvalue weighted by atomic mass is 10.7. The van der Waals surface area contributed by atoms with Crippen LogP contribution in [0.4, 0.5) is 11.9 Å². The fourth-order valence-electron chi connectivity index (χ4n) is 1.02. The summed E-state index contributed by atoms with van der Waals surface area (Å²) in [6.07, 6.45) is 0. The molecular weight excluding hydrogens is 242 g/mol. The van der Waals surface area contributed by atoms with Gasteiger partial charge in [0.05, 0.1) is 4.21 Å². The minimum absolute atomic E-state index is 0.248. The number of hydrogen-bond acceptors (Lipinski definition) is 7. The Hall–Kier alpha value is -1.34. The molecule has 0 unspecified atom stereocenters. The zero-order valence-corrected chi connectivity index (χ0v) is 10.5. The van der Waals surface area contributed by atoms with Gasteiger partial charge >= 0.3 is 0 Å². The molecule has 2 N–H and O–H groups in total. The highest BCUT2D eigenvalue weighted by Gasteiger charge is 2.07. The maximum atomic E-state index is 5.63. The van der Waals surface area contributed by atoms with Crippen molar-refractivity contribution in [1.82, 2.24) is 15.0 Å². The Bertz CT molecular complexity index is 469. The molecule has 0 spiro atoms. The average molecular weight is 253 g/mol. The lowest BCUT2D eigenvalue weighted by Crippen LogP contribution is -2.14. The van der Waals surface area contributed by atoms with Gasteiger partial charge in [0.15, 0.2) is 5.16 Å². The van der Waals surface area contributed by atoms with E-state index in [-0.39, 0.29) is 5.95 Å². The fourth-order valence-corrected chi connectivity index (χ4v) is 2.64. The van der Waals surface area contributed by atoms with Crippen LogP contribution in [-0.4, -0.2) is 29.0 Å². The summed E-state index contributed by atoms with van der Waals surface area (Å²) in [6.45, 7) is 0. The second-order valence-electron chi connectivity index (χ2n) is 3.20. The van der Waals surface area contributed by atoms with Crippen LogP contribution in [0.15, 0.2) is 26.9 Å². The zero-order chi connectivity index (χ0) is 11.5. The van der Waals surface area contributed by atoms with E-state index >= 15 is 0 Å². The van der Waals surface area contributed by atoms with Gasteiger partial charge < -0.3 is 10.6 Å². The fraction of sp³-hybridized carbons (Fsp3) is 0.222. The Kier molecular flexibility index (Phi) is 3.25. The summed E-state index contributed by atoms with van der Waals surface area (Å²) < 4.78 is 1.13. The van der Waals surface area contributed by atoms with Crippen molar-refractivity contribution < 1.29 is 0 Å². The molecule has 0 saturated heterocycles. The van der Waals surface area contributed by atoms with Crippen LogP contribution in [0.1, 0.15) is 0 Å². The molecule has 0 fully saturated rings. The standard InChI is InChI=1S/C9H11N5S2/c1-14(2)8-11-7(10)12-9(13-8)16-6-4-3-5-15-6/h3-5H,1-2H3,(H2,10,11,12,13). The van der Waals surface area contributed by atoms with E-state index in [1.807, 2.05) is 31.6 Å². The third-order valence-electron chi connectivity index (χ3n) is 1.71. The molecule has 5 nitrogen and oxygen atoms in total. The summed E-state index contributed by atoms with van der Waals surface area (Å²) in [5.74, 6) is 0.823. The zero-order valence-electron chi connectivity index (χ0n) is 8.91. The summed E-state index contributed by atoms with van der Waals surface area (Å²) in [5.41, 5.74) is 5.63. The molecule has 2 heterocycles. The van der Waals surface area contributed by atoms with Crippen molar-refractivity contribution in [3.05, 3.63) is 17.5 Å². The van der Waals surface area contributed by atoms with Gasteiger partial charge in [0.25, 0.3) is 0 Å². The van der Waals surface area contributed by atoms with Crippen molar-refractivity contribution in [2.75, 3.05) is 24.7 Å². The number of hydrogen-bond donors (Lipinski definition) is 1. The lowest BCUT2D eigenvalue weighted by molar-refractivity contribution is 0.876. The first-order chi connectivity index (χ1) is 7.65. The van der Waals surface area contributed by atoms with E-state index in [9.17, 15) is 0 Å². The number of anilines is 2. The molecule has 0 atom stereocenters. The van der Waals surface area contributed by atoms with Gasteiger partial charge in [0.1, 0.15) is 0 Å². The van der Waals surface area contributed by atoms with E-state index in [2.05, 4.69) is 15.0 Å². The Morgan fingerprint density at radius 1 is 1.31 bits per heavy atom. The van der Waals surface area contributed by atoms with Crippen LogP contribution in [0.3, 0.4) is 0 Å². The number of nitrogen functional groups attached to an aromatic ring is 1. The normalized spacial score (nSPS) is 10.4. The van der Waals surface area contributed by atoms with E-state index < -0.39 is 0 Å². The van der Waals surface area contributed by atoms with Crippen molar-refractivity contribution in [1.29, 1.82) is 0 Å². The highest BCUT2D eigenvalue weighted by molar-refractivity contribution is 8.01. The first-order valence-electron chi connectivity index (χ1n) is 4.55. The predicted molar refractivity (Wildman–Crippen MR) is 67.0 cm³/mol. The summed E-state index contributed by atoms with van der Waals surface area (Å²) in [6, 6.07) is 4.01. The Morgan fingerprint density at radius 3 is 2.75 bits per heavy atom. The largest absolute Gasteiger partial charge is 0.368 e. The van der Waals surface area contributed by atoms with Crippen LogP contribution < -0.4 is 10.6 Å². The van der Waals surface area contributed by atoms with E-state index in [4.69, 9.17) is 5.73 Å². The molecule has 2 rings (SSSR count). The molecule has 7 heteroatoms. The van der Waals surface area contributed by atoms with Crippen LogP contribution in [0.2, 0.25) is 0 Å². The van der Waals surface area contributed by atoms with Gasteiger partial charge in [-0.3, -0.25) is 0 Å². The summed E-state index contributed by atoms with van der Waals surface area (Å²) in [7, 11) is 3.74. The van der Waals surface area contributed by atoms with Gasteiger partial charge in [-0.05, 0) is 23.2 Å². The van der Waals surface area contributed by atoms with Gasteiger partial charge in [-0.25, -0.2) is 0 Å². The topological polar surface area (TPSA) is 67.9 Å². The second-order valence-corrected chi connectivity index (χ2v) is 5.42. The molecule has 0 bridgehead atoms. The third kappa shape index (κ3) is 2.61. The SMILES string of the molecule is CN(C)c1nc(N)nc(Sc2cccs2)n1. The average Bonchev–Trinajstić information content (AvgIpc) is 2.69. The first kappa shape index (κ1) is 11.2. The summed E-state index contributed by atoms with van der Waals surface area (Å²) >= 11 is 3.14. The maximum Gasteiger partial charge on any atom is 0.230 e. The van der Waals surface area contributed by atoms with Crippen molar-refractivity contribution in [3.63, 3.8) is 0 Å². The molecule has 0 radical (unpaired) electrons. The number of aromatic nitrogens is 3. The van der Waals surface area contributed by atoms with Crippen LogP contribution >= 0.6 is 23.1 Å². The minimum atomic E-state index is 0.248. The molecule has 2 aromatic heterocycles. The van der Waals surface area contributed by atoms with Crippen LogP contribution in [0.25, 0.3) is 0 Å². The first-order valence-corrected chi connectivity index (χ1v) is 6.25. The number of rotatable bonds is 3. The van der Waals surface area contributed by atoms with Crippen LogP contribution in [0, 0.1) is 0 Å². The Morgan fingerprint density at radius 2 is 2.12 bits per heavy atom. The lowest BCUT2D eigenvalue weighted by Gasteiger charge is -2.10. The molecule has 0 aliphatic carbocycles.